The maximum atomic E-state index is 12.4. The molecule has 0 fully saturated rings. The lowest BCUT2D eigenvalue weighted by Gasteiger charge is -2.17. The van der Waals surface area contributed by atoms with Crippen molar-refractivity contribution in [3.8, 4) is 0 Å². The predicted octanol–water partition coefficient (Wildman–Crippen LogP) is 3.63. The maximum Gasteiger partial charge on any atom is 0.224 e. The number of thiophene rings is 1. The van der Waals surface area contributed by atoms with E-state index in [9.17, 15) is 9.59 Å². The summed E-state index contributed by atoms with van der Waals surface area (Å²) in [6.07, 6.45) is 1.17. The van der Waals surface area contributed by atoms with Gasteiger partial charge in [0.2, 0.25) is 11.7 Å². The molecule has 1 aromatic heterocycles. The van der Waals surface area contributed by atoms with Gasteiger partial charge in [0.05, 0.1) is 4.88 Å². The number of rotatable bonds is 2. The smallest absolute Gasteiger partial charge is 0.224 e. The van der Waals surface area contributed by atoms with Crippen molar-refractivity contribution in [1.82, 2.24) is 0 Å². The summed E-state index contributed by atoms with van der Waals surface area (Å²) in [5, 5.41) is 4.70. The Morgan fingerprint density at radius 2 is 2.11 bits per heavy atom. The topological polar surface area (TPSA) is 46.2 Å². The molecule has 0 unspecified atom stereocenters. The second-order valence-corrected chi connectivity index (χ2v) is 6.12. The van der Waals surface area contributed by atoms with Crippen molar-refractivity contribution in [2.45, 2.75) is 12.8 Å². The van der Waals surface area contributed by atoms with Gasteiger partial charge in [-0.1, -0.05) is 0 Å². The summed E-state index contributed by atoms with van der Waals surface area (Å²) in [4.78, 5) is 24.4. The Morgan fingerprint density at radius 1 is 1.26 bits per heavy atom. The molecule has 1 aliphatic heterocycles. The molecule has 1 N–H and O–H groups in total. The summed E-state index contributed by atoms with van der Waals surface area (Å²) in [6, 6.07) is 7.32. The first-order chi connectivity index (χ1) is 9.15. The van der Waals surface area contributed by atoms with E-state index in [1.54, 1.807) is 12.1 Å². The Morgan fingerprint density at radius 3 is 2.84 bits per heavy atom. The lowest BCUT2D eigenvalue weighted by atomic mass is 9.98. The molecule has 1 aromatic carbocycles. The van der Waals surface area contributed by atoms with E-state index in [1.807, 2.05) is 17.5 Å². The second kappa shape index (κ2) is 4.90. The number of benzene rings is 1. The van der Waals surface area contributed by atoms with E-state index in [4.69, 9.17) is 0 Å². The molecule has 1 aliphatic rings. The van der Waals surface area contributed by atoms with Crippen LogP contribution >= 0.6 is 27.3 Å². The van der Waals surface area contributed by atoms with Crippen molar-refractivity contribution in [2.24, 2.45) is 0 Å². The Labute approximate surface area is 122 Å². The van der Waals surface area contributed by atoms with Gasteiger partial charge in [0, 0.05) is 22.1 Å². The second-order valence-electron chi connectivity index (χ2n) is 4.35. The summed E-state index contributed by atoms with van der Waals surface area (Å²) < 4.78 is 0.827. The molecule has 3 nitrogen and oxygen atoms in total. The Bertz CT molecular complexity index is 678. The SMILES string of the molecule is O=C1CCc2cc(C(=O)c3sccc3Br)ccc2N1. The average Bonchev–Trinajstić information content (AvgIpc) is 2.83. The minimum Gasteiger partial charge on any atom is -0.326 e. The quantitative estimate of drug-likeness (QED) is 0.852. The zero-order valence-corrected chi connectivity index (χ0v) is 12.3. The molecule has 96 valence electrons. The number of ketones is 1. The van der Waals surface area contributed by atoms with Crippen LogP contribution in [0.25, 0.3) is 0 Å². The molecule has 19 heavy (non-hydrogen) atoms. The molecule has 0 bridgehead atoms. The summed E-state index contributed by atoms with van der Waals surface area (Å²) >= 11 is 4.80. The highest BCUT2D eigenvalue weighted by molar-refractivity contribution is 9.10. The van der Waals surface area contributed by atoms with Gasteiger partial charge in [-0.3, -0.25) is 9.59 Å². The predicted molar refractivity (Wildman–Crippen MR) is 78.8 cm³/mol. The lowest BCUT2D eigenvalue weighted by molar-refractivity contribution is -0.116. The van der Waals surface area contributed by atoms with E-state index in [0.717, 1.165) is 15.7 Å². The molecule has 0 radical (unpaired) electrons. The van der Waals surface area contributed by atoms with E-state index in [2.05, 4.69) is 21.2 Å². The van der Waals surface area contributed by atoms with E-state index >= 15 is 0 Å². The molecular formula is C14H10BrNO2S. The highest BCUT2D eigenvalue weighted by Crippen LogP contribution is 2.28. The van der Waals surface area contributed by atoms with Gasteiger partial charge in [-0.05, 0) is 57.6 Å². The largest absolute Gasteiger partial charge is 0.326 e. The molecule has 1 amide bonds. The molecule has 3 rings (SSSR count). The number of halogens is 1. The fourth-order valence-corrected chi connectivity index (χ4v) is 3.62. The molecule has 0 atom stereocenters. The number of carbonyl (C=O) groups is 2. The van der Waals surface area contributed by atoms with Crippen molar-refractivity contribution in [3.63, 3.8) is 0 Å². The van der Waals surface area contributed by atoms with Gasteiger partial charge >= 0.3 is 0 Å². The van der Waals surface area contributed by atoms with E-state index < -0.39 is 0 Å². The maximum absolute atomic E-state index is 12.4. The van der Waals surface area contributed by atoms with Crippen LogP contribution in [0.1, 0.15) is 27.2 Å². The van der Waals surface area contributed by atoms with Gasteiger partial charge in [-0.25, -0.2) is 0 Å². The molecule has 0 saturated carbocycles. The number of anilines is 1. The molecule has 0 spiro atoms. The van der Waals surface area contributed by atoms with Crippen LogP contribution in [-0.2, 0) is 11.2 Å². The molecule has 5 heteroatoms. The number of carbonyl (C=O) groups excluding carboxylic acids is 2. The van der Waals surface area contributed by atoms with Crippen LogP contribution < -0.4 is 5.32 Å². The first-order valence-corrected chi connectivity index (χ1v) is 7.53. The van der Waals surface area contributed by atoms with Gasteiger partial charge in [0.15, 0.2) is 0 Å². The van der Waals surface area contributed by atoms with Crippen LogP contribution in [0.5, 0.6) is 0 Å². The number of aryl methyl sites for hydroxylation is 1. The zero-order valence-electron chi connectivity index (χ0n) is 9.90. The summed E-state index contributed by atoms with van der Waals surface area (Å²) in [6.45, 7) is 0. The lowest BCUT2D eigenvalue weighted by Crippen LogP contribution is -2.19. The number of fused-ring (bicyclic) bond motifs is 1. The Balaban J connectivity index is 1.97. The van der Waals surface area contributed by atoms with Crippen molar-refractivity contribution < 1.29 is 9.59 Å². The average molecular weight is 336 g/mol. The van der Waals surface area contributed by atoms with Crippen LogP contribution in [0.3, 0.4) is 0 Å². The van der Waals surface area contributed by atoms with Gasteiger partial charge in [0.25, 0.3) is 0 Å². The first kappa shape index (κ1) is 12.6. The van der Waals surface area contributed by atoms with Gasteiger partial charge < -0.3 is 5.32 Å². The zero-order chi connectivity index (χ0) is 13.4. The summed E-state index contributed by atoms with van der Waals surface area (Å²) in [7, 11) is 0. The molecule has 2 heterocycles. The summed E-state index contributed by atoms with van der Waals surface area (Å²) in [5.41, 5.74) is 2.51. The van der Waals surface area contributed by atoms with Crippen LogP contribution in [0, 0.1) is 0 Å². The van der Waals surface area contributed by atoms with Crippen molar-refractivity contribution in [3.05, 3.63) is 50.1 Å². The molecule has 0 saturated heterocycles. The van der Waals surface area contributed by atoms with E-state index in [1.165, 1.54) is 11.3 Å². The summed E-state index contributed by atoms with van der Waals surface area (Å²) in [5.74, 6) is 0.0501. The monoisotopic (exact) mass is 335 g/mol. The molecule has 2 aromatic rings. The van der Waals surface area contributed by atoms with Crippen molar-refractivity contribution >= 4 is 44.6 Å². The molecular weight excluding hydrogens is 326 g/mol. The van der Waals surface area contributed by atoms with Gasteiger partial charge in [-0.15, -0.1) is 11.3 Å². The third-order valence-corrected chi connectivity index (χ3v) is 4.92. The number of hydrogen-bond donors (Lipinski definition) is 1. The van der Waals surface area contributed by atoms with E-state index in [-0.39, 0.29) is 11.7 Å². The fourth-order valence-electron chi connectivity index (χ4n) is 2.11. The van der Waals surface area contributed by atoms with Crippen LogP contribution in [-0.4, -0.2) is 11.7 Å². The van der Waals surface area contributed by atoms with Crippen LogP contribution in [0.2, 0.25) is 0 Å². The minimum atomic E-state index is 0.0153. The van der Waals surface area contributed by atoms with Gasteiger partial charge in [0.1, 0.15) is 0 Å². The van der Waals surface area contributed by atoms with E-state index in [0.29, 0.717) is 23.3 Å². The normalized spacial score (nSPS) is 13.8. The van der Waals surface area contributed by atoms with Gasteiger partial charge in [-0.2, -0.15) is 0 Å². The highest BCUT2D eigenvalue weighted by Gasteiger charge is 2.19. The van der Waals surface area contributed by atoms with Crippen LogP contribution in [0.15, 0.2) is 34.1 Å². The van der Waals surface area contributed by atoms with Crippen molar-refractivity contribution in [2.75, 3.05) is 5.32 Å². The fraction of sp³-hybridized carbons (Fsp3) is 0.143. The highest BCUT2D eigenvalue weighted by atomic mass is 79.9. The number of amides is 1. The first-order valence-electron chi connectivity index (χ1n) is 5.85. The number of hydrogen-bond acceptors (Lipinski definition) is 3. The van der Waals surface area contributed by atoms with Crippen molar-refractivity contribution in [1.29, 1.82) is 0 Å². The number of nitrogens with one attached hydrogen (secondary N) is 1. The third kappa shape index (κ3) is 2.35. The minimum absolute atomic E-state index is 0.0153. The van der Waals surface area contributed by atoms with Crippen LogP contribution in [0.4, 0.5) is 5.69 Å². The Hall–Kier alpha value is -1.46. The molecule has 0 aliphatic carbocycles. The standard InChI is InChI=1S/C14H10BrNO2S/c15-10-5-6-19-14(10)13(18)9-1-3-11-8(7-9)2-4-12(17)16-11/h1,3,5-7H,2,4H2,(H,16,17). The third-order valence-electron chi connectivity index (χ3n) is 3.09. The Kier molecular flexibility index (Phi) is 3.24.